The van der Waals surface area contributed by atoms with Gasteiger partial charge in [-0.15, -0.1) is 11.8 Å². The molecule has 0 amide bonds. The molecule has 0 aliphatic carbocycles. The lowest BCUT2D eigenvalue weighted by Crippen LogP contribution is -2.25. The summed E-state index contributed by atoms with van der Waals surface area (Å²) < 4.78 is 18.3. The van der Waals surface area contributed by atoms with Crippen molar-refractivity contribution in [3.05, 3.63) is 59.9 Å². The molecule has 2 nitrogen and oxygen atoms in total. The maximum Gasteiger partial charge on any atom is 0.123 e. The number of halogens is 1. The zero-order chi connectivity index (χ0) is 15.2. The molecule has 112 valence electrons. The highest BCUT2D eigenvalue weighted by Crippen LogP contribution is 2.39. The number of hydrogen-bond acceptors (Lipinski definition) is 3. The fraction of sp³-hybridized carbons (Fsp3) is 0.294. The summed E-state index contributed by atoms with van der Waals surface area (Å²) in [7, 11) is 1.65. The first-order chi connectivity index (χ1) is 10.1. The summed E-state index contributed by atoms with van der Waals surface area (Å²) in [6.45, 7) is 2.07. The summed E-state index contributed by atoms with van der Waals surface area (Å²) >= 11 is 1.66. The standard InChI is InChI=1S/C17H20FNOS/c1-3-16(19)17(12-5-4-6-14(11-12)20-2)21-15-9-7-13(18)8-10-15/h4-11,16-17H,3,19H2,1-2H3. The fourth-order valence-corrected chi connectivity index (χ4v) is 3.33. The van der Waals surface area contributed by atoms with Crippen LogP contribution >= 0.6 is 11.8 Å². The third-order valence-electron chi connectivity index (χ3n) is 3.36. The molecular weight excluding hydrogens is 285 g/mol. The van der Waals surface area contributed by atoms with Gasteiger partial charge >= 0.3 is 0 Å². The Kier molecular flexibility index (Phi) is 5.65. The van der Waals surface area contributed by atoms with Crippen molar-refractivity contribution in [1.82, 2.24) is 0 Å². The van der Waals surface area contributed by atoms with Gasteiger partial charge in [0, 0.05) is 16.2 Å². The lowest BCUT2D eigenvalue weighted by molar-refractivity contribution is 0.414. The van der Waals surface area contributed by atoms with Gasteiger partial charge in [-0.1, -0.05) is 19.1 Å². The Labute approximate surface area is 129 Å². The van der Waals surface area contributed by atoms with Crippen molar-refractivity contribution in [3.8, 4) is 5.75 Å². The minimum atomic E-state index is -0.225. The molecule has 2 unspecified atom stereocenters. The second-order valence-corrected chi connectivity index (χ2v) is 6.06. The van der Waals surface area contributed by atoms with Crippen molar-refractivity contribution < 1.29 is 9.13 Å². The van der Waals surface area contributed by atoms with Crippen LogP contribution in [0.4, 0.5) is 4.39 Å². The Bertz CT molecular complexity index is 573. The van der Waals surface area contributed by atoms with E-state index in [9.17, 15) is 4.39 Å². The molecule has 0 aliphatic rings. The minimum absolute atomic E-state index is 0.0205. The lowest BCUT2D eigenvalue weighted by atomic mass is 10.0. The van der Waals surface area contributed by atoms with Gasteiger partial charge in [0.25, 0.3) is 0 Å². The fourth-order valence-electron chi connectivity index (χ4n) is 2.09. The molecule has 0 heterocycles. The second-order valence-electron chi connectivity index (χ2n) is 4.84. The van der Waals surface area contributed by atoms with Crippen molar-refractivity contribution in [1.29, 1.82) is 0 Å². The molecule has 21 heavy (non-hydrogen) atoms. The summed E-state index contributed by atoms with van der Waals surface area (Å²) in [5, 5.41) is 0.107. The van der Waals surface area contributed by atoms with Gasteiger partial charge in [0.1, 0.15) is 11.6 Å². The molecule has 0 bridgehead atoms. The van der Waals surface area contributed by atoms with Gasteiger partial charge in [0.2, 0.25) is 0 Å². The quantitative estimate of drug-likeness (QED) is 0.803. The molecule has 0 radical (unpaired) electrons. The summed E-state index contributed by atoms with van der Waals surface area (Å²) in [6.07, 6.45) is 0.871. The number of nitrogens with two attached hydrogens (primary N) is 1. The highest BCUT2D eigenvalue weighted by Gasteiger charge is 2.20. The van der Waals surface area contributed by atoms with Gasteiger partial charge in [-0.2, -0.15) is 0 Å². The second kappa shape index (κ2) is 7.48. The van der Waals surface area contributed by atoms with E-state index in [0.29, 0.717) is 0 Å². The van der Waals surface area contributed by atoms with E-state index in [1.54, 1.807) is 31.0 Å². The summed E-state index contributed by atoms with van der Waals surface area (Å²) in [5.74, 6) is 0.595. The van der Waals surface area contributed by atoms with Crippen LogP contribution in [0.15, 0.2) is 53.4 Å². The average molecular weight is 305 g/mol. The van der Waals surface area contributed by atoms with Gasteiger partial charge in [0.05, 0.1) is 7.11 Å². The predicted molar refractivity (Wildman–Crippen MR) is 86.3 cm³/mol. The maximum absolute atomic E-state index is 13.0. The van der Waals surface area contributed by atoms with Crippen LogP contribution in [0.25, 0.3) is 0 Å². The molecule has 2 aromatic carbocycles. The largest absolute Gasteiger partial charge is 0.497 e. The highest BCUT2D eigenvalue weighted by molar-refractivity contribution is 7.99. The lowest BCUT2D eigenvalue weighted by Gasteiger charge is -2.23. The molecule has 2 atom stereocenters. The third kappa shape index (κ3) is 4.22. The number of benzene rings is 2. The molecule has 2 rings (SSSR count). The normalized spacial score (nSPS) is 13.7. The molecule has 0 spiro atoms. The molecule has 4 heteroatoms. The van der Waals surface area contributed by atoms with E-state index in [-0.39, 0.29) is 17.1 Å². The van der Waals surface area contributed by atoms with Gasteiger partial charge in [0.15, 0.2) is 0 Å². The van der Waals surface area contributed by atoms with Gasteiger partial charge < -0.3 is 10.5 Å². The van der Waals surface area contributed by atoms with Crippen LogP contribution in [-0.4, -0.2) is 13.2 Å². The van der Waals surface area contributed by atoms with Crippen LogP contribution in [0.1, 0.15) is 24.2 Å². The van der Waals surface area contributed by atoms with E-state index in [1.165, 1.54) is 12.1 Å². The monoisotopic (exact) mass is 305 g/mol. The summed E-state index contributed by atoms with van der Waals surface area (Å²) in [5.41, 5.74) is 7.41. The number of hydrogen-bond donors (Lipinski definition) is 1. The molecular formula is C17H20FNOS. The molecule has 2 aromatic rings. The third-order valence-corrected chi connectivity index (χ3v) is 4.78. The molecule has 0 saturated carbocycles. The SMILES string of the molecule is CCC(N)C(Sc1ccc(F)cc1)c1cccc(OC)c1. The van der Waals surface area contributed by atoms with E-state index in [4.69, 9.17) is 10.5 Å². The molecule has 0 aliphatic heterocycles. The van der Waals surface area contributed by atoms with Crippen molar-refractivity contribution in [2.45, 2.75) is 29.5 Å². The topological polar surface area (TPSA) is 35.2 Å². The first-order valence-electron chi connectivity index (χ1n) is 6.95. The predicted octanol–water partition coefficient (Wildman–Crippen LogP) is 4.41. The van der Waals surface area contributed by atoms with Crippen LogP contribution in [0.5, 0.6) is 5.75 Å². The van der Waals surface area contributed by atoms with Crippen molar-refractivity contribution in [2.24, 2.45) is 5.73 Å². The van der Waals surface area contributed by atoms with Crippen molar-refractivity contribution in [3.63, 3.8) is 0 Å². The van der Waals surface area contributed by atoms with E-state index < -0.39 is 0 Å². The van der Waals surface area contributed by atoms with E-state index in [1.807, 2.05) is 18.2 Å². The first-order valence-corrected chi connectivity index (χ1v) is 7.83. The molecule has 0 saturated heterocycles. The van der Waals surface area contributed by atoms with Crippen LogP contribution in [0.3, 0.4) is 0 Å². The summed E-state index contributed by atoms with van der Waals surface area (Å²) in [4.78, 5) is 1.01. The highest BCUT2D eigenvalue weighted by atomic mass is 32.2. The van der Waals surface area contributed by atoms with Crippen LogP contribution in [-0.2, 0) is 0 Å². The Morgan fingerprint density at radius 1 is 1.19 bits per heavy atom. The van der Waals surface area contributed by atoms with E-state index in [2.05, 4.69) is 13.0 Å². The van der Waals surface area contributed by atoms with Crippen LogP contribution in [0, 0.1) is 5.82 Å². The molecule has 2 N–H and O–H groups in total. The van der Waals surface area contributed by atoms with E-state index in [0.717, 1.165) is 22.6 Å². The number of ether oxygens (including phenoxy) is 1. The zero-order valence-corrected chi connectivity index (χ0v) is 13.1. The van der Waals surface area contributed by atoms with E-state index >= 15 is 0 Å². The Balaban J connectivity index is 2.27. The van der Waals surface area contributed by atoms with Crippen LogP contribution < -0.4 is 10.5 Å². The Hall–Kier alpha value is -1.52. The average Bonchev–Trinajstić information content (AvgIpc) is 2.53. The zero-order valence-electron chi connectivity index (χ0n) is 12.3. The number of rotatable bonds is 6. The Morgan fingerprint density at radius 2 is 1.90 bits per heavy atom. The minimum Gasteiger partial charge on any atom is -0.497 e. The number of thioether (sulfide) groups is 1. The molecule has 0 fully saturated rings. The van der Waals surface area contributed by atoms with Crippen molar-refractivity contribution in [2.75, 3.05) is 7.11 Å². The maximum atomic E-state index is 13.0. The molecule has 0 aromatic heterocycles. The van der Waals surface area contributed by atoms with Crippen LogP contribution in [0.2, 0.25) is 0 Å². The van der Waals surface area contributed by atoms with Gasteiger partial charge in [-0.25, -0.2) is 4.39 Å². The van der Waals surface area contributed by atoms with Gasteiger partial charge in [-0.3, -0.25) is 0 Å². The summed E-state index contributed by atoms with van der Waals surface area (Å²) in [6, 6.07) is 14.5. The first kappa shape index (κ1) is 15.9. The smallest absolute Gasteiger partial charge is 0.123 e. The van der Waals surface area contributed by atoms with Crippen molar-refractivity contribution >= 4 is 11.8 Å². The number of methoxy groups -OCH3 is 1. The van der Waals surface area contributed by atoms with Gasteiger partial charge in [-0.05, 0) is 48.4 Å². The Morgan fingerprint density at radius 3 is 2.52 bits per heavy atom.